The molecule has 1 aromatic carbocycles. The van der Waals surface area contributed by atoms with Gasteiger partial charge in [-0.15, -0.1) is 24.0 Å². The Kier molecular flexibility index (Phi) is 11.3. The van der Waals surface area contributed by atoms with Gasteiger partial charge >= 0.3 is 0 Å². The molecular formula is C23H37IN6O. The molecule has 3 rings (SSSR count). The van der Waals surface area contributed by atoms with Crippen LogP contribution in [-0.2, 0) is 11.3 Å². The predicted octanol–water partition coefficient (Wildman–Crippen LogP) is 3.29. The summed E-state index contributed by atoms with van der Waals surface area (Å²) in [6.07, 6.45) is 3.14. The summed E-state index contributed by atoms with van der Waals surface area (Å²) >= 11 is 0. The molecule has 1 unspecified atom stereocenters. The van der Waals surface area contributed by atoms with E-state index in [4.69, 9.17) is 9.73 Å². The van der Waals surface area contributed by atoms with Crippen LogP contribution in [0.15, 0.2) is 47.6 Å². The molecular weight excluding hydrogens is 503 g/mol. The van der Waals surface area contributed by atoms with Gasteiger partial charge in [-0.3, -0.25) is 4.90 Å². The van der Waals surface area contributed by atoms with Crippen molar-refractivity contribution in [3.05, 3.63) is 48.3 Å². The first-order chi connectivity index (χ1) is 14.7. The molecule has 0 radical (unpaired) electrons. The third kappa shape index (κ3) is 8.42. The third-order valence-electron chi connectivity index (χ3n) is 5.22. The number of benzene rings is 1. The zero-order valence-electron chi connectivity index (χ0n) is 19.0. The summed E-state index contributed by atoms with van der Waals surface area (Å²) < 4.78 is 7.42. The average molecular weight is 540 g/mol. The fraction of sp³-hybridized carbons (Fsp3) is 0.565. The van der Waals surface area contributed by atoms with Crippen molar-refractivity contribution in [3.8, 4) is 5.69 Å². The first-order valence-corrected chi connectivity index (χ1v) is 11.1. The number of hydrogen-bond acceptors (Lipinski definition) is 4. The topological polar surface area (TPSA) is 66.7 Å². The maximum atomic E-state index is 5.53. The van der Waals surface area contributed by atoms with E-state index in [1.54, 1.807) is 0 Å². The summed E-state index contributed by atoms with van der Waals surface area (Å²) in [5, 5.41) is 11.6. The number of morpholine rings is 1. The third-order valence-corrected chi connectivity index (χ3v) is 5.22. The molecule has 0 saturated carbocycles. The molecule has 1 aliphatic heterocycles. The van der Waals surface area contributed by atoms with Crippen molar-refractivity contribution in [2.24, 2.45) is 10.9 Å². The van der Waals surface area contributed by atoms with E-state index in [1.165, 1.54) is 0 Å². The highest BCUT2D eigenvalue weighted by Gasteiger charge is 2.22. The number of aromatic nitrogens is 2. The number of rotatable bonds is 9. The highest BCUT2D eigenvalue weighted by atomic mass is 127. The summed E-state index contributed by atoms with van der Waals surface area (Å²) in [4.78, 5) is 7.31. The fourth-order valence-corrected chi connectivity index (χ4v) is 3.74. The Morgan fingerprint density at radius 1 is 1.13 bits per heavy atom. The van der Waals surface area contributed by atoms with Crippen LogP contribution in [0, 0.1) is 5.92 Å². The van der Waals surface area contributed by atoms with Crippen molar-refractivity contribution in [1.29, 1.82) is 0 Å². The average Bonchev–Trinajstić information content (AvgIpc) is 3.25. The minimum absolute atomic E-state index is 0. The zero-order valence-corrected chi connectivity index (χ0v) is 21.3. The summed E-state index contributed by atoms with van der Waals surface area (Å²) in [6, 6.07) is 12.6. The zero-order chi connectivity index (χ0) is 21.2. The van der Waals surface area contributed by atoms with Crippen molar-refractivity contribution in [1.82, 2.24) is 25.3 Å². The summed E-state index contributed by atoms with van der Waals surface area (Å²) in [6.45, 7) is 12.6. The molecule has 0 aliphatic carbocycles. The van der Waals surface area contributed by atoms with Crippen LogP contribution in [0.25, 0.3) is 5.69 Å². The molecule has 1 atom stereocenters. The molecule has 2 N–H and O–H groups in total. The first kappa shape index (κ1) is 25.6. The minimum Gasteiger partial charge on any atom is -0.379 e. The maximum Gasteiger partial charge on any atom is 0.191 e. The van der Waals surface area contributed by atoms with Gasteiger partial charge in [-0.1, -0.05) is 32.0 Å². The van der Waals surface area contributed by atoms with Gasteiger partial charge in [0, 0.05) is 38.4 Å². The predicted molar refractivity (Wildman–Crippen MR) is 137 cm³/mol. The molecule has 1 saturated heterocycles. The largest absolute Gasteiger partial charge is 0.379 e. The van der Waals surface area contributed by atoms with E-state index in [9.17, 15) is 0 Å². The number of aliphatic imine (C=N–C) groups is 1. The molecule has 2 heterocycles. The number of para-hydroxylation sites is 1. The van der Waals surface area contributed by atoms with Gasteiger partial charge in [0.05, 0.1) is 31.1 Å². The lowest BCUT2D eigenvalue weighted by atomic mass is 10.0. The van der Waals surface area contributed by atoms with Crippen LogP contribution in [0.4, 0.5) is 0 Å². The van der Waals surface area contributed by atoms with Crippen LogP contribution in [0.2, 0.25) is 0 Å². The minimum atomic E-state index is 0. The second-order valence-corrected chi connectivity index (χ2v) is 8.09. The monoisotopic (exact) mass is 540 g/mol. The second-order valence-electron chi connectivity index (χ2n) is 8.09. The molecule has 0 spiro atoms. The highest BCUT2D eigenvalue weighted by Crippen LogP contribution is 2.13. The normalized spacial score (nSPS) is 16.1. The molecule has 0 amide bonds. The molecule has 1 aromatic heterocycles. The highest BCUT2D eigenvalue weighted by molar-refractivity contribution is 14.0. The Bertz CT molecular complexity index is 773. The van der Waals surface area contributed by atoms with Crippen LogP contribution < -0.4 is 10.6 Å². The van der Waals surface area contributed by atoms with Crippen LogP contribution >= 0.6 is 24.0 Å². The number of ether oxygens (including phenoxy) is 1. The Balaban J connectivity index is 0.00000341. The van der Waals surface area contributed by atoms with Crippen molar-refractivity contribution in [2.75, 3.05) is 39.4 Å². The molecule has 0 bridgehead atoms. The van der Waals surface area contributed by atoms with E-state index in [0.717, 1.165) is 63.2 Å². The number of nitrogens with one attached hydrogen (secondary N) is 2. The van der Waals surface area contributed by atoms with Gasteiger partial charge in [0.25, 0.3) is 0 Å². The van der Waals surface area contributed by atoms with Crippen LogP contribution in [0.3, 0.4) is 0 Å². The number of halogens is 1. The van der Waals surface area contributed by atoms with Gasteiger partial charge in [0.2, 0.25) is 0 Å². The Hall–Kier alpha value is -1.65. The maximum absolute atomic E-state index is 5.53. The summed E-state index contributed by atoms with van der Waals surface area (Å²) in [5.74, 6) is 1.50. The molecule has 172 valence electrons. The number of hydrogen-bond donors (Lipinski definition) is 2. The Morgan fingerprint density at radius 2 is 1.87 bits per heavy atom. The summed E-state index contributed by atoms with van der Waals surface area (Å²) in [7, 11) is 0. The standard InChI is InChI=1S/C23H36N6O.HI/c1-4-24-23(26-18-22(16-19(2)3)28-12-14-30-15-13-28)25-17-20-10-11-29(27-20)21-8-6-5-7-9-21;/h5-11,19,22H,4,12-18H2,1-3H3,(H2,24,25,26);1H. The fourth-order valence-electron chi connectivity index (χ4n) is 3.74. The van der Waals surface area contributed by atoms with E-state index < -0.39 is 0 Å². The smallest absolute Gasteiger partial charge is 0.191 e. The Morgan fingerprint density at radius 3 is 2.55 bits per heavy atom. The van der Waals surface area contributed by atoms with E-state index in [0.29, 0.717) is 18.5 Å². The van der Waals surface area contributed by atoms with Gasteiger partial charge < -0.3 is 15.4 Å². The number of guanidine groups is 1. The van der Waals surface area contributed by atoms with Crippen molar-refractivity contribution in [3.63, 3.8) is 0 Å². The quantitative estimate of drug-likeness (QED) is 0.291. The van der Waals surface area contributed by atoms with Crippen molar-refractivity contribution >= 4 is 29.9 Å². The van der Waals surface area contributed by atoms with Crippen molar-refractivity contribution < 1.29 is 4.74 Å². The van der Waals surface area contributed by atoms with Crippen LogP contribution in [0.1, 0.15) is 32.9 Å². The van der Waals surface area contributed by atoms with E-state index >= 15 is 0 Å². The van der Waals surface area contributed by atoms with Gasteiger partial charge in [0.15, 0.2) is 5.96 Å². The van der Waals surface area contributed by atoms with E-state index in [-0.39, 0.29) is 24.0 Å². The lowest BCUT2D eigenvalue weighted by Crippen LogP contribution is -2.51. The molecule has 1 aliphatic rings. The first-order valence-electron chi connectivity index (χ1n) is 11.1. The van der Waals surface area contributed by atoms with Gasteiger partial charge in [0.1, 0.15) is 0 Å². The van der Waals surface area contributed by atoms with E-state index in [1.807, 2.05) is 47.3 Å². The van der Waals surface area contributed by atoms with E-state index in [2.05, 4.69) is 41.4 Å². The van der Waals surface area contributed by atoms with Crippen LogP contribution in [-0.4, -0.2) is 66.1 Å². The second kappa shape index (κ2) is 13.7. The molecule has 8 heteroatoms. The van der Waals surface area contributed by atoms with Gasteiger partial charge in [-0.25, -0.2) is 9.67 Å². The lowest BCUT2D eigenvalue weighted by Gasteiger charge is -2.35. The molecule has 31 heavy (non-hydrogen) atoms. The molecule has 7 nitrogen and oxygen atoms in total. The lowest BCUT2D eigenvalue weighted by molar-refractivity contribution is 0.0132. The molecule has 1 fully saturated rings. The van der Waals surface area contributed by atoms with Gasteiger partial charge in [-0.2, -0.15) is 5.10 Å². The SMILES string of the molecule is CCNC(=NCc1ccn(-c2ccccc2)n1)NCC(CC(C)C)N1CCOCC1.I. The van der Waals surface area contributed by atoms with Crippen molar-refractivity contribution in [2.45, 2.75) is 39.8 Å². The summed E-state index contributed by atoms with van der Waals surface area (Å²) in [5.41, 5.74) is 2.00. The van der Waals surface area contributed by atoms with Crippen LogP contribution in [0.5, 0.6) is 0 Å². The molecule has 2 aromatic rings. The number of nitrogens with zero attached hydrogens (tertiary/aromatic N) is 4. The van der Waals surface area contributed by atoms with Gasteiger partial charge in [-0.05, 0) is 37.5 Å². The Labute approximate surface area is 203 Å².